The van der Waals surface area contributed by atoms with Gasteiger partial charge in [-0.15, -0.1) is 0 Å². The van der Waals surface area contributed by atoms with Crippen molar-refractivity contribution < 1.29 is 14.7 Å². The van der Waals surface area contributed by atoms with E-state index in [0.29, 0.717) is 22.5 Å². The summed E-state index contributed by atoms with van der Waals surface area (Å²) < 4.78 is 0. The van der Waals surface area contributed by atoms with Crippen LogP contribution in [0.2, 0.25) is 0 Å². The minimum absolute atomic E-state index is 0.125. The first-order valence-electron chi connectivity index (χ1n) is 7.66. The van der Waals surface area contributed by atoms with E-state index in [0.717, 1.165) is 5.56 Å². The minimum Gasteiger partial charge on any atom is -0.389 e. The molecular weight excluding hydrogens is 304 g/mol. The molecule has 24 heavy (non-hydrogen) atoms. The molecular formula is C19H18N2O3. The molecule has 0 spiro atoms. The van der Waals surface area contributed by atoms with Gasteiger partial charge in [0, 0.05) is 28.1 Å². The first-order valence-corrected chi connectivity index (χ1v) is 7.66. The van der Waals surface area contributed by atoms with Gasteiger partial charge in [0.2, 0.25) is 5.91 Å². The number of hydrogen-bond acceptors (Lipinski definition) is 3. The fraction of sp³-hybridized carbons (Fsp3) is 0.158. The van der Waals surface area contributed by atoms with Crippen LogP contribution < -0.4 is 5.32 Å². The molecule has 1 aliphatic heterocycles. The maximum absolute atomic E-state index is 12.4. The molecule has 1 unspecified atom stereocenters. The number of fused-ring (bicyclic) bond motifs is 1. The summed E-state index contributed by atoms with van der Waals surface area (Å²) >= 11 is 0. The Balaban J connectivity index is 1.75. The zero-order valence-corrected chi connectivity index (χ0v) is 13.3. The van der Waals surface area contributed by atoms with Crippen molar-refractivity contribution in [1.82, 2.24) is 4.90 Å². The van der Waals surface area contributed by atoms with Crippen LogP contribution in [0.3, 0.4) is 0 Å². The van der Waals surface area contributed by atoms with E-state index in [1.807, 2.05) is 12.1 Å². The third kappa shape index (κ3) is 2.81. The van der Waals surface area contributed by atoms with Gasteiger partial charge in [-0.3, -0.25) is 14.5 Å². The van der Waals surface area contributed by atoms with Crippen LogP contribution in [0.15, 0.2) is 55.1 Å². The SMILES string of the molecule is C=C1c2ccccc2C(=O)N1CC(=O)Nc1ccccc1C(C)O. The average Bonchev–Trinajstić information content (AvgIpc) is 2.80. The number of carbonyl (C=O) groups is 2. The van der Waals surface area contributed by atoms with E-state index in [2.05, 4.69) is 11.9 Å². The zero-order chi connectivity index (χ0) is 17.3. The van der Waals surface area contributed by atoms with E-state index in [1.165, 1.54) is 4.90 Å². The number of rotatable bonds is 4. The molecule has 2 aromatic rings. The van der Waals surface area contributed by atoms with Crippen LogP contribution in [-0.2, 0) is 4.79 Å². The number of hydrogen-bond donors (Lipinski definition) is 2. The van der Waals surface area contributed by atoms with Gasteiger partial charge in [0.25, 0.3) is 5.91 Å². The van der Waals surface area contributed by atoms with E-state index in [1.54, 1.807) is 43.3 Å². The van der Waals surface area contributed by atoms with Gasteiger partial charge < -0.3 is 10.4 Å². The highest BCUT2D eigenvalue weighted by atomic mass is 16.3. The highest BCUT2D eigenvalue weighted by Gasteiger charge is 2.31. The lowest BCUT2D eigenvalue weighted by molar-refractivity contribution is -0.116. The predicted molar refractivity (Wildman–Crippen MR) is 92.2 cm³/mol. The number of benzene rings is 2. The van der Waals surface area contributed by atoms with Crippen LogP contribution in [0.25, 0.3) is 5.70 Å². The average molecular weight is 322 g/mol. The van der Waals surface area contributed by atoms with Crippen molar-refractivity contribution >= 4 is 23.2 Å². The first-order chi connectivity index (χ1) is 11.5. The van der Waals surface area contributed by atoms with Crippen LogP contribution in [0.4, 0.5) is 5.69 Å². The van der Waals surface area contributed by atoms with Crippen molar-refractivity contribution in [3.63, 3.8) is 0 Å². The summed E-state index contributed by atoms with van der Waals surface area (Å²) in [6.45, 7) is 5.43. The van der Waals surface area contributed by atoms with Gasteiger partial charge >= 0.3 is 0 Å². The molecule has 1 heterocycles. The molecule has 0 bridgehead atoms. The Bertz CT molecular complexity index is 792. The van der Waals surface area contributed by atoms with Crippen molar-refractivity contribution in [2.75, 3.05) is 11.9 Å². The molecule has 0 saturated carbocycles. The van der Waals surface area contributed by atoms with Crippen molar-refractivity contribution in [3.8, 4) is 0 Å². The van der Waals surface area contributed by atoms with Gasteiger partial charge in [-0.1, -0.05) is 43.0 Å². The number of aliphatic hydroxyl groups is 1. The summed E-state index contributed by atoms with van der Waals surface area (Å²) in [5.41, 5.74) is 2.99. The highest BCUT2D eigenvalue weighted by Crippen LogP contribution is 2.31. The lowest BCUT2D eigenvalue weighted by Crippen LogP contribution is -2.33. The number of aliphatic hydroxyl groups excluding tert-OH is 1. The summed E-state index contributed by atoms with van der Waals surface area (Å²) in [6, 6.07) is 14.2. The first kappa shape index (κ1) is 16.0. The third-order valence-electron chi connectivity index (χ3n) is 4.03. The number of amides is 2. The predicted octanol–water partition coefficient (Wildman–Crippen LogP) is 2.81. The normalized spacial score (nSPS) is 14.5. The number of anilines is 1. The van der Waals surface area contributed by atoms with Crippen LogP contribution in [0.5, 0.6) is 0 Å². The van der Waals surface area contributed by atoms with E-state index < -0.39 is 6.10 Å². The Kier molecular flexibility index (Phi) is 4.18. The lowest BCUT2D eigenvalue weighted by Gasteiger charge is -2.18. The van der Waals surface area contributed by atoms with Gasteiger partial charge in [-0.2, -0.15) is 0 Å². The summed E-state index contributed by atoms with van der Waals surface area (Å²) in [5, 5.41) is 12.5. The van der Waals surface area contributed by atoms with E-state index >= 15 is 0 Å². The maximum Gasteiger partial charge on any atom is 0.259 e. The quantitative estimate of drug-likeness (QED) is 0.909. The smallest absolute Gasteiger partial charge is 0.259 e. The maximum atomic E-state index is 12.4. The van der Waals surface area contributed by atoms with Gasteiger partial charge in [-0.05, 0) is 19.1 Å². The molecule has 5 heteroatoms. The molecule has 0 saturated heterocycles. The summed E-state index contributed by atoms with van der Waals surface area (Å²) in [4.78, 5) is 26.1. The van der Waals surface area contributed by atoms with E-state index in [-0.39, 0.29) is 18.4 Å². The number of nitrogens with zero attached hydrogens (tertiary/aromatic N) is 1. The van der Waals surface area contributed by atoms with Gasteiger partial charge in [0.1, 0.15) is 6.54 Å². The fourth-order valence-electron chi connectivity index (χ4n) is 2.81. The molecule has 2 aromatic carbocycles. The second kappa shape index (κ2) is 6.29. The Morgan fingerprint density at radius 2 is 1.79 bits per heavy atom. The number of carbonyl (C=O) groups excluding carboxylic acids is 2. The van der Waals surface area contributed by atoms with E-state index in [4.69, 9.17) is 0 Å². The Hall–Kier alpha value is -2.92. The highest BCUT2D eigenvalue weighted by molar-refractivity contribution is 6.11. The monoisotopic (exact) mass is 322 g/mol. The van der Waals surface area contributed by atoms with Gasteiger partial charge in [-0.25, -0.2) is 0 Å². The molecule has 0 fully saturated rings. The topological polar surface area (TPSA) is 69.6 Å². The summed E-state index contributed by atoms with van der Waals surface area (Å²) in [7, 11) is 0. The molecule has 1 atom stereocenters. The molecule has 2 amide bonds. The zero-order valence-electron chi connectivity index (χ0n) is 13.3. The van der Waals surface area contributed by atoms with Crippen molar-refractivity contribution in [3.05, 3.63) is 71.8 Å². The standard InChI is InChI=1S/C19H18N2O3/c1-12-14-7-3-4-9-16(14)19(24)21(12)11-18(23)20-17-10-6-5-8-15(17)13(2)22/h3-10,13,22H,1,11H2,2H3,(H,20,23). The van der Waals surface area contributed by atoms with Crippen LogP contribution in [0.1, 0.15) is 34.5 Å². The molecule has 122 valence electrons. The minimum atomic E-state index is -0.700. The van der Waals surface area contributed by atoms with Crippen molar-refractivity contribution in [1.29, 1.82) is 0 Å². The second-order valence-corrected chi connectivity index (χ2v) is 5.69. The summed E-state index contributed by atoms with van der Waals surface area (Å²) in [6.07, 6.45) is -0.700. The van der Waals surface area contributed by atoms with Crippen LogP contribution in [-0.4, -0.2) is 28.4 Å². The van der Waals surface area contributed by atoms with Crippen molar-refractivity contribution in [2.24, 2.45) is 0 Å². The molecule has 3 rings (SSSR count). The fourth-order valence-corrected chi connectivity index (χ4v) is 2.81. The van der Waals surface area contributed by atoms with Crippen LogP contribution in [0, 0.1) is 0 Å². The third-order valence-corrected chi connectivity index (χ3v) is 4.03. The molecule has 0 radical (unpaired) electrons. The van der Waals surface area contributed by atoms with Gasteiger partial charge in [0.05, 0.1) is 6.10 Å². The molecule has 1 aliphatic rings. The Morgan fingerprint density at radius 3 is 2.46 bits per heavy atom. The lowest BCUT2D eigenvalue weighted by atomic mass is 10.1. The summed E-state index contributed by atoms with van der Waals surface area (Å²) in [5.74, 6) is -0.569. The second-order valence-electron chi connectivity index (χ2n) is 5.69. The largest absolute Gasteiger partial charge is 0.389 e. The molecule has 0 aliphatic carbocycles. The van der Waals surface area contributed by atoms with Gasteiger partial charge in [0.15, 0.2) is 0 Å². The van der Waals surface area contributed by atoms with Crippen LogP contribution >= 0.6 is 0 Å². The van der Waals surface area contributed by atoms with Crippen molar-refractivity contribution in [2.45, 2.75) is 13.0 Å². The Morgan fingerprint density at radius 1 is 1.17 bits per heavy atom. The van der Waals surface area contributed by atoms with E-state index in [9.17, 15) is 14.7 Å². The molecule has 0 aromatic heterocycles. The number of nitrogens with one attached hydrogen (secondary N) is 1. The Labute approximate surface area is 140 Å². The molecule has 5 nitrogen and oxygen atoms in total. The number of para-hydroxylation sites is 1. The molecule has 2 N–H and O–H groups in total.